The Labute approximate surface area is 215 Å². The molecular formula is C28H34F4N2O3. The van der Waals surface area contributed by atoms with Crippen molar-refractivity contribution in [1.29, 1.82) is 0 Å². The quantitative estimate of drug-likeness (QED) is 0.467. The van der Waals surface area contributed by atoms with Crippen LogP contribution in [0.15, 0.2) is 54.6 Å². The number of hydrogen-bond acceptors (Lipinski definition) is 4. The lowest BCUT2D eigenvalue weighted by molar-refractivity contribution is -0.272. The first-order valence-corrected chi connectivity index (χ1v) is 12.8. The predicted octanol–water partition coefficient (Wildman–Crippen LogP) is 4.80. The van der Waals surface area contributed by atoms with Crippen LogP contribution in [0.3, 0.4) is 0 Å². The van der Waals surface area contributed by atoms with Gasteiger partial charge in [-0.05, 0) is 62.4 Å². The van der Waals surface area contributed by atoms with Crippen LogP contribution in [0, 0.1) is 11.7 Å². The van der Waals surface area contributed by atoms with Gasteiger partial charge in [-0.1, -0.05) is 42.5 Å². The molecule has 2 aromatic rings. The molecule has 2 saturated heterocycles. The van der Waals surface area contributed by atoms with Crippen LogP contribution in [0.2, 0.25) is 0 Å². The maximum Gasteiger partial charge on any atom is 0.430 e. The molecule has 2 aromatic carbocycles. The number of nitrogens with zero attached hydrogens (tertiary/aromatic N) is 2. The van der Waals surface area contributed by atoms with Gasteiger partial charge in [0.15, 0.2) is 0 Å². The summed E-state index contributed by atoms with van der Waals surface area (Å²) < 4.78 is 66.9. The van der Waals surface area contributed by atoms with Crippen LogP contribution in [0.5, 0.6) is 0 Å². The zero-order chi connectivity index (χ0) is 26.5. The van der Waals surface area contributed by atoms with Gasteiger partial charge >= 0.3 is 6.18 Å². The molecule has 0 bridgehead atoms. The molecule has 0 unspecified atom stereocenters. The first-order valence-electron chi connectivity index (χ1n) is 12.8. The second kappa shape index (κ2) is 11.9. The predicted molar refractivity (Wildman–Crippen MR) is 131 cm³/mol. The molecular weight excluding hydrogens is 488 g/mol. The van der Waals surface area contributed by atoms with E-state index in [1.54, 1.807) is 6.07 Å². The number of hydrogen-bond donors (Lipinski definition) is 0. The lowest BCUT2D eigenvalue weighted by Crippen LogP contribution is -2.60. The molecule has 9 heteroatoms. The second-order valence-corrected chi connectivity index (χ2v) is 9.90. The van der Waals surface area contributed by atoms with E-state index < -0.39 is 17.7 Å². The molecule has 202 valence electrons. The highest BCUT2D eigenvalue weighted by molar-refractivity contribution is 5.88. The molecule has 0 aromatic heterocycles. The van der Waals surface area contributed by atoms with E-state index in [0.29, 0.717) is 12.3 Å². The van der Waals surface area contributed by atoms with E-state index in [2.05, 4.69) is 4.90 Å². The fourth-order valence-electron chi connectivity index (χ4n) is 5.40. The second-order valence-electron chi connectivity index (χ2n) is 9.90. The molecule has 0 radical (unpaired) electrons. The third-order valence-electron chi connectivity index (χ3n) is 7.52. The van der Waals surface area contributed by atoms with E-state index in [9.17, 15) is 22.4 Å². The smallest absolute Gasteiger partial charge is 0.374 e. The molecule has 2 fully saturated rings. The molecule has 1 amide bonds. The van der Waals surface area contributed by atoms with Crippen LogP contribution < -0.4 is 0 Å². The van der Waals surface area contributed by atoms with Gasteiger partial charge in [0.2, 0.25) is 0 Å². The van der Waals surface area contributed by atoms with E-state index in [1.165, 1.54) is 41.3 Å². The van der Waals surface area contributed by atoms with Crippen LogP contribution in [0.4, 0.5) is 17.6 Å². The first-order chi connectivity index (χ1) is 17.7. The summed E-state index contributed by atoms with van der Waals surface area (Å²) in [5.41, 5.74) is -2.15. The van der Waals surface area contributed by atoms with Gasteiger partial charge in [0.1, 0.15) is 5.82 Å². The van der Waals surface area contributed by atoms with E-state index >= 15 is 0 Å². The Hall–Kier alpha value is -2.49. The molecule has 2 heterocycles. The standard InChI is InChI=1S/C28H34F4N2O3/c1-36-27(28(30,31)32,23-5-3-2-4-6-23)26(35)34-17-18-37-25(20-34)13-16-33-14-11-22(12-15-33)19-21-7-9-24(29)10-8-21/h2-10,22,25H,11-20H2,1H3/t25-,27-/m1/s1. The summed E-state index contributed by atoms with van der Waals surface area (Å²) >= 11 is 0. The van der Waals surface area contributed by atoms with Gasteiger partial charge in [0.05, 0.1) is 12.7 Å². The van der Waals surface area contributed by atoms with Crippen molar-refractivity contribution in [2.24, 2.45) is 5.92 Å². The Balaban J connectivity index is 1.31. The molecule has 37 heavy (non-hydrogen) atoms. The van der Waals surface area contributed by atoms with E-state index in [-0.39, 0.29) is 37.2 Å². The van der Waals surface area contributed by atoms with Gasteiger partial charge in [-0.25, -0.2) is 4.39 Å². The lowest BCUT2D eigenvalue weighted by Gasteiger charge is -2.41. The van der Waals surface area contributed by atoms with Crippen molar-refractivity contribution in [3.63, 3.8) is 0 Å². The SMILES string of the molecule is CO[C@@](C(=O)N1CCO[C@H](CCN2CCC(Cc3ccc(F)cc3)CC2)C1)(c1ccccc1)C(F)(F)F. The van der Waals surface area contributed by atoms with Gasteiger partial charge in [-0.3, -0.25) is 4.79 Å². The number of likely N-dealkylation sites (tertiary alicyclic amines) is 1. The topological polar surface area (TPSA) is 42.0 Å². The van der Waals surface area contributed by atoms with Crippen molar-refractivity contribution in [3.05, 3.63) is 71.5 Å². The van der Waals surface area contributed by atoms with E-state index in [0.717, 1.165) is 51.6 Å². The fraction of sp³-hybridized carbons (Fsp3) is 0.536. The van der Waals surface area contributed by atoms with E-state index in [4.69, 9.17) is 9.47 Å². The Morgan fingerprint density at radius 3 is 2.32 bits per heavy atom. The average Bonchev–Trinajstić information content (AvgIpc) is 2.90. The molecule has 5 nitrogen and oxygen atoms in total. The summed E-state index contributed by atoms with van der Waals surface area (Å²) in [5.74, 6) is -0.790. The molecule has 2 aliphatic heterocycles. The Kier molecular flexibility index (Phi) is 8.87. The number of morpholine rings is 1. The summed E-state index contributed by atoms with van der Waals surface area (Å²) in [5, 5.41) is 0. The van der Waals surface area contributed by atoms with Gasteiger partial charge in [-0.15, -0.1) is 0 Å². The number of carbonyl (C=O) groups excluding carboxylic acids is 1. The van der Waals surface area contributed by atoms with Crippen molar-refractivity contribution in [2.75, 3.05) is 46.4 Å². The Morgan fingerprint density at radius 2 is 1.70 bits per heavy atom. The highest BCUT2D eigenvalue weighted by Crippen LogP contribution is 2.43. The third kappa shape index (κ3) is 6.33. The van der Waals surface area contributed by atoms with Gasteiger partial charge in [0, 0.05) is 32.3 Å². The van der Waals surface area contributed by atoms with Crippen LogP contribution in [-0.2, 0) is 26.3 Å². The Bertz CT molecular complexity index is 1010. The molecule has 0 saturated carbocycles. The van der Waals surface area contributed by atoms with Crippen LogP contribution in [0.25, 0.3) is 0 Å². The maximum absolute atomic E-state index is 14.3. The number of halogens is 4. The monoisotopic (exact) mass is 522 g/mol. The first kappa shape index (κ1) is 27.5. The molecule has 2 aliphatic rings. The van der Waals surface area contributed by atoms with Crippen molar-refractivity contribution in [1.82, 2.24) is 9.80 Å². The van der Waals surface area contributed by atoms with Crippen LogP contribution >= 0.6 is 0 Å². The molecule has 0 N–H and O–H groups in total. The number of ether oxygens (including phenoxy) is 2. The zero-order valence-corrected chi connectivity index (χ0v) is 21.1. The number of piperidine rings is 1. The molecule has 2 atom stereocenters. The van der Waals surface area contributed by atoms with Crippen molar-refractivity contribution < 1.29 is 31.8 Å². The number of benzene rings is 2. The third-order valence-corrected chi connectivity index (χ3v) is 7.52. The van der Waals surface area contributed by atoms with Crippen LogP contribution in [0.1, 0.15) is 30.4 Å². The lowest BCUT2D eigenvalue weighted by atomic mass is 9.90. The molecule has 0 aliphatic carbocycles. The number of rotatable bonds is 8. The minimum atomic E-state index is -4.92. The normalized spacial score (nSPS) is 21.5. The summed E-state index contributed by atoms with van der Waals surface area (Å²) in [4.78, 5) is 16.9. The summed E-state index contributed by atoms with van der Waals surface area (Å²) in [6, 6.07) is 13.7. The minimum Gasteiger partial charge on any atom is -0.374 e. The average molecular weight is 523 g/mol. The number of alkyl halides is 3. The van der Waals surface area contributed by atoms with Crippen LogP contribution in [-0.4, -0.2) is 74.4 Å². The van der Waals surface area contributed by atoms with Gasteiger partial charge < -0.3 is 19.3 Å². The van der Waals surface area contributed by atoms with Gasteiger partial charge in [-0.2, -0.15) is 13.2 Å². The number of amides is 1. The maximum atomic E-state index is 14.3. The van der Waals surface area contributed by atoms with Crippen molar-refractivity contribution >= 4 is 5.91 Å². The fourth-order valence-corrected chi connectivity index (χ4v) is 5.40. The Morgan fingerprint density at radius 1 is 1.03 bits per heavy atom. The van der Waals surface area contributed by atoms with Crippen molar-refractivity contribution in [2.45, 2.75) is 43.6 Å². The van der Waals surface area contributed by atoms with Crippen molar-refractivity contribution in [3.8, 4) is 0 Å². The summed E-state index contributed by atoms with van der Waals surface area (Å²) in [7, 11) is 0.927. The minimum absolute atomic E-state index is 0.0815. The molecule has 0 spiro atoms. The van der Waals surface area contributed by atoms with Gasteiger partial charge in [0.25, 0.3) is 11.5 Å². The summed E-state index contributed by atoms with van der Waals surface area (Å²) in [6.07, 6.45) is -1.64. The summed E-state index contributed by atoms with van der Waals surface area (Å²) in [6.45, 7) is 2.96. The molecule has 4 rings (SSSR count). The number of carbonyl (C=O) groups is 1. The zero-order valence-electron chi connectivity index (χ0n) is 21.1. The largest absolute Gasteiger partial charge is 0.430 e. The highest BCUT2D eigenvalue weighted by Gasteiger charge is 2.64. The number of methoxy groups -OCH3 is 1. The van der Waals surface area contributed by atoms with E-state index in [1.807, 2.05) is 12.1 Å². The highest BCUT2D eigenvalue weighted by atomic mass is 19.4.